The number of halogens is 1. The molecule has 3 N–H and O–H groups in total. The van der Waals surface area contributed by atoms with Crippen LogP contribution in [0.3, 0.4) is 0 Å². The number of hydrogen-bond acceptors (Lipinski definition) is 7. The van der Waals surface area contributed by atoms with Crippen LogP contribution < -0.4 is 11.2 Å². The molecule has 0 aliphatic heterocycles. The van der Waals surface area contributed by atoms with E-state index in [0.29, 0.717) is 22.6 Å². The summed E-state index contributed by atoms with van der Waals surface area (Å²) in [6.07, 6.45) is 0.853. The zero-order valence-electron chi connectivity index (χ0n) is 14.1. The van der Waals surface area contributed by atoms with Gasteiger partial charge in [-0.05, 0) is 12.1 Å². The minimum atomic E-state index is -0.601. The molecule has 8 nitrogen and oxygen atoms in total. The van der Waals surface area contributed by atoms with Gasteiger partial charge >= 0.3 is 0 Å². The number of benzene rings is 1. The molecule has 0 saturated carbocycles. The molecule has 1 atom stereocenters. The number of hydrazine groups is 1. The molecule has 0 bridgehead atoms. The third kappa shape index (κ3) is 3.78. The molecule has 0 spiro atoms. The van der Waals surface area contributed by atoms with Crippen LogP contribution in [-0.2, 0) is 6.54 Å². The van der Waals surface area contributed by atoms with Crippen molar-refractivity contribution in [3.8, 4) is 17.5 Å². The van der Waals surface area contributed by atoms with E-state index in [9.17, 15) is 4.39 Å². The molecule has 0 radical (unpaired) electrons. The smallest absolute Gasteiger partial charge is 0.131 e. The molecule has 2 aromatic heterocycles. The summed E-state index contributed by atoms with van der Waals surface area (Å²) in [5.74, 6) is -0.312. The first-order valence-electron chi connectivity index (χ1n) is 7.91. The maximum absolute atomic E-state index is 14.0. The highest BCUT2D eigenvalue weighted by Crippen LogP contribution is 2.23. The monoisotopic (exact) mass is 355 g/mol. The van der Waals surface area contributed by atoms with Gasteiger partial charge in [0.05, 0.1) is 30.5 Å². The van der Waals surface area contributed by atoms with Crippen LogP contribution in [0, 0.1) is 17.1 Å². The van der Waals surface area contributed by atoms with E-state index < -0.39 is 6.17 Å². The van der Waals surface area contributed by atoms with Gasteiger partial charge in [-0.3, -0.25) is 4.68 Å². The maximum Gasteiger partial charge on any atom is 0.131 e. The van der Waals surface area contributed by atoms with Crippen molar-refractivity contribution < 1.29 is 8.91 Å². The normalized spacial score (nSPS) is 12.3. The van der Waals surface area contributed by atoms with Crippen LogP contribution in [0.25, 0.3) is 11.4 Å². The number of nitrogens with two attached hydrogens (primary N) is 1. The van der Waals surface area contributed by atoms with E-state index in [4.69, 9.17) is 15.5 Å². The molecule has 1 unspecified atom stereocenters. The SMILES string of the molecule is CN(NCC#N)C(N)c1cc(-c2ccon2)n(Cc2ccccc2F)n1. The van der Waals surface area contributed by atoms with Gasteiger partial charge in [0.25, 0.3) is 0 Å². The average Bonchev–Trinajstić information content (AvgIpc) is 3.30. The largest absolute Gasteiger partial charge is 0.364 e. The zero-order chi connectivity index (χ0) is 18.5. The molecule has 0 aliphatic rings. The number of nitrogens with one attached hydrogen (secondary N) is 1. The first kappa shape index (κ1) is 17.8. The Labute approximate surface area is 149 Å². The number of nitriles is 1. The Kier molecular flexibility index (Phi) is 5.38. The van der Waals surface area contributed by atoms with Crippen LogP contribution in [-0.4, -0.2) is 33.5 Å². The fourth-order valence-electron chi connectivity index (χ4n) is 2.50. The predicted molar refractivity (Wildman–Crippen MR) is 91.5 cm³/mol. The van der Waals surface area contributed by atoms with Crippen LogP contribution in [0.4, 0.5) is 4.39 Å². The lowest BCUT2D eigenvalue weighted by atomic mass is 10.2. The summed E-state index contributed by atoms with van der Waals surface area (Å²) in [4.78, 5) is 0. The molecule has 2 heterocycles. The fourth-order valence-corrected chi connectivity index (χ4v) is 2.50. The summed E-state index contributed by atoms with van der Waals surface area (Å²) < 4.78 is 20.6. The Hall–Kier alpha value is -3.06. The number of rotatable bonds is 7. The second-order valence-electron chi connectivity index (χ2n) is 5.64. The van der Waals surface area contributed by atoms with Gasteiger partial charge in [0, 0.05) is 18.7 Å². The summed E-state index contributed by atoms with van der Waals surface area (Å²) >= 11 is 0. The van der Waals surface area contributed by atoms with Crippen molar-refractivity contribution in [2.75, 3.05) is 13.6 Å². The van der Waals surface area contributed by atoms with Gasteiger partial charge in [-0.15, -0.1) is 0 Å². The lowest BCUT2D eigenvalue weighted by Crippen LogP contribution is -2.42. The van der Waals surface area contributed by atoms with Gasteiger partial charge in [0.1, 0.15) is 23.9 Å². The molecule has 0 aliphatic carbocycles. The highest BCUT2D eigenvalue weighted by molar-refractivity contribution is 5.54. The number of aromatic nitrogens is 3. The molecule has 0 fully saturated rings. The Bertz CT molecular complexity index is 900. The van der Waals surface area contributed by atoms with E-state index >= 15 is 0 Å². The minimum absolute atomic E-state index is 0.121. The van der Waals surface area contributed by atoms with Crippen LogP contribution in [0.5, 0.6) is 0 Å². The summed E-state index contributed by atoms with van der Waals surface area (Å²) in [5.41, 5.74) is 11.3. The number of nitrogens with zero attached hydrogens (tertiary/aromatic N) is 5. The zero-order valence-corrected chi connectivity index (χ0v) is 14.1. The minimum Gasteiger partial charge on any atom is -0.364 e. The molecule has 3 rings (SSSR count). The van der Waals surface area contributed by atoms with Crippen molar-refractivity contribution in [1.82, 2.24) is 25.4 Å². The second kappa shape index (κ2) is 7.88. The van der Waals surface area contributed by atoms with E-state index in [1.165, 1.54) is 12.3 Å². The van der Waals surface area contributed by atoms with Crippen LogP contribution in [0.1, 0.15) is 17.4 Å². The van der Waals surface area contributed by atoms with Crippen LogP contribution in [0.2, 0.25) is 0 Å². The topological polar surface area (TPSA) is 109 Å². The average molecular weight is 355 g/mol. The Morgan fingerprint density at radius 3 is 2.92 bits per heavy atom. The van der Waals surface area contributed by atoms with E-state index in [1.807, 2.05) is 6.07 Å². The molecule has 134 valence electrons. The summed E-state index contributed by atoms with van der Waals surface area (Å²) in [6, 6.07) is 12.0. The molecule has 9 heteroatoms. The fraction of sp³-hybridized carbons (Fsp3) is 0.235. The van der Waals surface area contributed by atoms with Crippen molar-refractivity contribution in [3.05, 3.63) is 59.7 Å². The molecule has 26 heavy (non-hydrogen) atoms. The van der Waals surface area contributed by atoms with Crippen molar-refractivity contribution >= 4 is 0 Å². The molecule has 3 aromatic rings. The molecule has 0 saturated heterocycles. The summed E-state index contributed by atoms with van der Waals surface area (Å²) in [7, 11) is 1.72. The van der Waals surface area contributed by atoms with E-state index in [1.54, 1.807) is 47.1 Å². The van der Waals surface area contributed by atoms with Gasteiger partial charge in [0.15, 0.2) is 0 Å². The van der Waals surface area contributed by atoms with Crippen LogP contribution in [0.15, 0.2) is 47.2 Å². The molecular weight excluding hydrogens is 337 g/mol. The third-order valence-corrected chi connectivity index (χ3v) is 3.90. The molecule has 0 amide bonds. The van der Waals surface area contributed by atoms with Gasteiger partial charge in [-0.1, -0.05) is 23.4 Å². The van der Waals surface area contributed by atoms with E-state index in [-0.39, 0.29) is 18.9 Å². The van der Waals surface area contributed by atoms with Gasteiger partial charge in [-0.25, -0.2) is 14.8 Å². The second-order valence-corrected chi connectivity index (χ2v) is 5.64. The Balaban J connectivity index is 1.94. The quantitative estimate of drug-likeness (QED) is 0.377. The van der Waals surface area contributed by atoms with Gasteiger partial charge < -0.3 is 10.3 Å². The first-order valence-corrected chi connectivity index (χ1v) is 7.91. The molecule has 1 aromatic carbocycles. The lowest BCUT2D eigenvalue weighted by molar-refractivity contribution is 0.173. The van der Waals surface area contributed by atoms with Gasteiger partial charge in [-0.2, -0.15) is 10.4 Å². The Morgan fingerprint density at radius 2 is 2.23 bits per heavy atom. The first-order chi connectivity index (χ1) is 12.6. The maximum atomic E-state index is 14.0. The van der Waals surface area contributed by atoms with Gasteiger partial charge in [0.2, 0.25) is 0 Å². The van der Waals surface area contributed by atoms with E-state index in [0.717, 1.165) is 0 Å². The highest BCUT2D eigenvalue weighted by atomic mass is 19.1. The summed E-state index contributed by atoms with van der Waals surface area (Å²) in [6.45, 7) is 0.340. The Morgan fingerprint density at radius 1 is 1.42 bits per heavy atom. The molecular formula is C17H18FN7O. The third-order valence-electron chi connectivity index (χ3n) is 3.90. The number of hydrogen-bond donors (Lipinski definition) is 2. The van der Waals surface area contributed by atoms with Crippen molar-refractivity contribution in [3.63, 3.8) is 0 Å². The lowest BCUT2D eigenvalue weighted by Gasteiger charge is -2.22. The van der Waals surface area contributed by atoms with Crippen molar-refractivity contribution in [1.29, 1.82) is 5.26 Å². The summed E-state index contributed by atoms with van der Waals surface area (Å²) in [5, 5.41) is 18.7. The standard InChI is InChI=1S/C17H18FN7O/c1-24(21-8-7-19)17(20)15-10-16(14-6-9-26-23-14)25(22-15)11-12-4-2-3-5-13(12)18/h2-6,9-10,17,21H,8,11,20H2,1H3. The van der Waals surface area contributed by atoms with E-state index in [2.05, 4.69) is 15.7 Å². The van der Waals surface area contributed by atoms with Crippen LogP contribution >= 0.6 is 0 Å². The van der Waals surface area contributed by atoms with Crippen molar-refractivity contribution in [2.24, 2.45) is 5.73 Å². The predicted octanol–water partition coefficient (Wildman–Crippen LogP) is 1.64. The highest BCUT2D eigenvalue weighted by Gasteiger charge is 2.20. The van der Waals surface area contributed by atoms with Crippen molar-refractivity contribution in [2.45, 2.75) is 12.7 Å².